The van der Waals surface area contributed by atoms with Gasteiger partial charge >= 0.3 is 0 Å². The van der Waals surface area contributed by atoms with E-state index in [1.165, 1.54) is 18.4 Å². The minimum absolute atomic E-state index is 0.508. The molecule has 0 unspecified atom stereocenters. The minimum Gasteiger partial charge on any atom is -0.388 e. The molecule has 27 heavy (non-hydrogen) atoms. The van der Waals surface area contributed by atoms with E-state index >= 15 is 0 Å². The normalized spacial score (nSPS) is 20.8. The molecule has 0 amide bonds. The van der Waals surface area contributed by atoms with Gasteiger partial charge in [0.25, 0.3) is 0 Å². The number of aromatic nitrogens is 2. The molecule has 1 N–H and O–H groups in total. The lowest BCUT2D eigenvalue weighted by atomic mass is 9.90. The fourth-order valence-electron chi connectivity index (χ4n) is 4.27. The molecule has 0 radical (unpaired) electrons. The van der Waals surface area contributed by atoms with Gasteiger partial charge in [0.15, 0.2) is 5.82 Å². The van der Waals surface area contributed by atoms with Crippen LogP contribution in [0.3, 0.4) is 0 Å². The van der Waals surface area contributed by atoms with Gasteiger partial charge < -0.3 is 10.0 Å². The fraction of sp³-hybridized carbons (Fsp3) is 0.545. The van der Waals surface area contributed by atoms with Crippen molar-refractivity contribution in [3.8, 4) is 11.4 Å². The van der Waals surface area contributed by atoms with Crippen molar-refractivity contribution >= 4 is 0 Å². The summed E-state index contributed by atoms with van der Waals surface area (Å²) in [5, 5.41) is 10.9. The molecule has 0 bridgehead atoms. The van der Waals surface area contributed by atoms with Gasteiger partial charge in [-0.2, -0.15) is 0 Å². The van der Waals surface area contributed by atoms with Crippen LogP contribution in [0, 0.1) is 6.92 Å². The number of likely N-dealkylation sites (tertiary alicyclic amines) is 2. The van der Waals surface area contributed by atoms with Crippen LogP contribution in [0.15, 0.2) is 36.7 Å². The monoisotopic (exact) mass is 366 g/mol. The van der Waals surface area contributed by atoms with Crippen LogP contribution in [0.2, 0.25) is 0 Å². The second-order valence-corrected chi connectivity index (χ2v) is 8.27. The van der Waals surface area contributed by atoms with Crippen LogP contribution in [0.5, 0.6) is 0 Å². The van der Waals surface area contributed by atoms with Gasteiger partial charge in [-0.25, -0.2) is 9.97 Å². The molecule has 0 aliphatic carbocycles. The predicted molar refractivity (Wildman–Crippen MR) is 107 cm³/mol. The number of rotatable bonds is 5. The lowest BCUT2D eigenvalue weighted by molar-refractivity contribution is -0.0430. The van der Waals surface area contributed by atoms with E-state index in [9.17, 15) is 5.11 Å². The highest BCUT2D eigenvalue weighted by Crippen LogP contribution is 2.26. The Morgan fingerprint density at radius 1 is 1.00 bits per heavy atom. The average Bonchev–Trinajstić information content (AvgIpc) is 3.17. The molecule has 5 heteroatoms. The Hall–Kier alpha value is -1.82. The zero-order valence-corrected chi connectivity index (χ0v) is 16.3. The van der Waals surface area contributed by atoms with Gasteiger partial charge in [0.05, 0.1) is 5.60 Å². The molecule has 2 fully saturated rings. The lowest BCUT2D eigenvalue weighted by Crippen LogP contribution is -2.50. The average molecular weight is 367 g/mol. The molecule has 144 valence electrons. The van der Waals surface area contributed by atoms with E-state index in [2.05, 4.69) is 38.8 Å². The quantitative estimate of drug-likeness (QED) is 0.882. The van der Waals surface area contributed by atoms with Crippen LogP contribution in [0.1, 0.15) is 36.8 Å². The highest BCUT2D eigenvalue weighted by molar-refractivity contribution is 5.55. The van der Waals surface area contributed by atoms with E-state index in [0.29, 0.717) is 0 Å². The number of nitrogens with zero attached hydrogens (tertiary/aromatic N) is 4. The van der Waals surface area contributed by atoms with Crippen molar-refractivity contribution in [1.29, 1.82) is 0 Å². The number of piperidine rings is 1. The van der Waals surface area contributed by atoms with E-state index in [1.807, 2.05) is 24.5 Å². The molecule has 1 aromatic heterocycles. The maximum Gasteiger partial charge on any atom is 0.159 e. The zero-order chi connectivity index (χ0) is 18.7. The second kappa shape index (κ2) is 8.05. The molecule has 0 saturated carbocycles. The van der Waals surface area contributed by atoms with Crippen LogP contribution >= 0.6 is 0 Å². The van der Waals surface area contributed by atoms with Gasteiger partial charge in [0.2, 0.25) is 0 Å². The standard InChI is InChI=1S/C22H30N4O/c1-18-5-4-6-20(13-18)21-23-14-19(15-24-21)16-25-11-7-22(27,8-12-25)17-26-9-2-3-10-26/h4-6,13-15,27H,2-3,7-12,16-17H2,1H3. The van der Waals surface area contributed by atoms with Crippen LogP contribution in [0.4, 0.5) is 0 Å². The molecule has 4 rings (SSSR count). The Kier molecular flexibility index (Phi) is 5.53. The van der Waals surface area contributed by atoms with Crippen molar-refractivity contribution in [1.82, 2.24) is 19.8 Å². The van der Waals surface area contributed by atoms with E-state index < -0.39 is 5.60 Å². The van der Waals surface area contributed by atoms with Crippen molar-refractivity contribution in [2.75, 3.05) is 32.7 Å². The number of benzene rings is 1. The Labute approximate surface area is 162 Å². The maximum absolute atomic E-state index is 10.9. The second-order valence-electron chi connectivity index (χ2n) is 8.27. The predicted octanol–water partition coefficient (Wildman–Crippen LogP) is 2.87. The largest absolute Gasteiger partial charge is 0.388 e. The molecular weight excluding hydrogens is 336 g/mol. The Morgan fingerprint density at radius 2 is 1.70 bits per heavy atom. The summed E-state index contributed by atoms with van der Waals surface area (Å²) in [6.07, 6.45) is 8.14. The summed E-state index contributed by atoms with van der Waals surface area (Å²) in [7, 11) is 0. The van der Waals surface area contributed by atoms with Gasteiger partial charge in [0.1, 0.15) is 0 Å². The summed E-state index contributed by atoms with van der Waals surface area (Å²) in [4.78, 5) is 13.9. The summed E-state index contributed by atoms with van der Waals surface area (Å²) >= 11 is 0. The minimum atomic E-state index is -0.508. The van der Waals surface area contributed by atoms with Crippen molar-refractivity contribution in [2.45, 2.75) is 44.8 Å². The van der Waals surface area contributed by atoms with Gasteiger partial charge in [-0.05, 0) is 51.8 Å². The topological polar surface area (TPSA) is 52.5 Å². The van der Waals surface area contributed by atoms with Crippen LogP contribution in [0.25, 0.3) is 11.4 Å². The van der Waals surface area contributed by atoms with Crippen LogP contribution in [-0.2, 0) is 6.54 Å². The van der Waals surface area contributed by atoms with Crippen molar-refractivity contribution < 1.29 is 5.11 Å². The van der Waals surface area contributed by atoms with Gasteiger partial charge in [-0.15, -0.1) is 0 Å². The maximum atomic E-state index is 10.9. The van der Waals surface area contributed by atoms with Gasteiger partial charge in [0, 0.05) is 49.7 Å². The summed E-state index contributed by atoms with van der Waals surface area (Å²) in [5.41, 5.74) is 2.91. The van der Waals surface area contributed by atoms with E-state index in [1.54, 1.807) is 0 Å². The summed E-state index contributed by atoms with van der Waals surface area (Å²) < 4.78 is 0. The van der Waals surface area contributed by atoms with Crippen molar-refractivity contribution in [3.63, 3.8) is 0 Å². The number of aliphatic hydroxyl groups is 1. The highest BCUT2D eigenvalue weighted by atomic mass is 16.3. The molecule has 2 aromatic rings. The van der Waals surface area contributed by atoms with Crippen molar-refractivity contribution in [3.05, 3.63) is 47.8 Å². The van der Waals surface area contributed by atoms with Gasteiger partial charge in [-0.1, -0.05) is 23.8 Å². The number of β-amino-alcohol motifs (C(OH)–C–C–N with tert-alkyl or cyclic N) is 1. The van der Waals surface area contributed by atoms with Crippen LogP contribution < -0.4 is 0 Å². The third-order valence-corrected chi connectivity index (χ3v) is 5.89. The molecule has 2 saturated heterocycles. The number of hydrogen-bond donors (Lipinski definition) is 1. The first-order valence-electron chi connectivity index (χ1n) is 10.1. The third kappa shape index (κ3) is 4.72. The fourth-order valence-corrected chi connectivity index (χ4v) is 4.27. The van der Waals surface area contributed by atoms with E-state index in [4.69, 9.17) is 0 Å². The van der Waals surface area contributed by atoms with E-state index in [0.717, 1.165) is 69.1 Å². The molecule has 0 atom stereocenters. The molecule has 2 aliphatic rings. The molecule has 1 aromatic carbocycles. The first kappa shape index (κ1) is 18.5. The van der Waals surface area contributed by atoms with Gasteiger partial charge in [-0.3, -0.25) is 4.90 Å². The Bertz CT molecular complexity index is 747. The SMILES string of the molecule is Cc1cccc(-c2ncc(CN3CCC(O)(CN4CCCC4)CC3)cn2)c1. The van der Waals surface area contributed by atoms with Crippen LogP contribution in [-0.4, -0.2) is 63.2 Å². The summed E-state index contributed by atoms with van der Waals surface area (Å²) in [5.74, 6) is 0.779. The van der Waals surface area contributed by atoms with Crippen molar-refractivity contribution in [2.24, 2.45) is 0 Å². The first-order chi connectivity index (χ1) is 13.1. The summed E-state index contributed by atoms with van der Waals surface area (Å²) in [6.45, 7) is 7.95. The smallest absolute Gasteiger partial charge is 0.159 e. The zero-order valence-electron chi connectivity index (χ0n) is 16.3. The first-order valence-corrected chi connectivity index (χ1v) is 10.1. The molecule has 3 heterocycles. The Morgan fingerprint density at radius 3 is 2.37 bits per heavy atom. The highest BCUT2D eigenvalue weighted by Gasteiger charge is 2.34. The summed E-state index contributed by atoms with van der Waals surface area (Å²) in [6, 6.07) is 8.28. The molecular formula is C22H30N4O. The molecule has 0 spiro atoms. The lowest BCUT2D eigenvalue weighted by Gasteiger charge is -2.40. The number of aryl methyl sites for hydroxylation is 1. The molecule has 5 nitrogen and oxygen atoms in total. The third-order valence-electron chi connectivity index (χ3n) is 5.89. The number of hydrogen-bond acceptors (Lipinski definition) is 5. The molecule has 2 aliphatic heterocycles. The Balaban J connectivity index is 1.31. The van der Waals surface area contributed by atoms with E-state index in [-0.39, 0.29) is 0 Å².